The van der Waals surface area contributed by atoms with Gasteiger partial charge >= 0.3 is 0 Å². The molecule has 0 radical (unpaired) electrons. The number of hydrogen-bond acceptors (Lipinski definition) is 3. The molecule has 5 nitrogen and oxygen atoms in total. The Morgan fingerprint density at radius 2 is 1.45 bits per heavy atom. The van der Waals surface area contributed by atoms with Crippen LogP contribution in [0, 0.1) is 0 Å². The van der Waals surface area contributed by atoms with Crippen LogP contribution in [0.2, 0.25) is 5.02 Å². The zero-order valence-corrected chi connectivity index (χ0v) is 18.1. The summed E-state index contributed by atoms with van der Waals surface area (Å²) in [6.45, 7) is 8.38. The van der Waals surface area contributed by atoms with Crippen LogP contribution >= 0.6 is 11.6 Å². The summed E-state index contributed by atoms with van der Waals surface area (Å²) in [4.78, 5) is 29.3. The van der Waals surface area contributed by atoms with Crippen LogP contribution in [0.25, 0.3) is 0 Å². The van der Waals surface area contributed by atoms with Gasteiger partial charge in [0, 0.05) is 36.8 Å². The van der Waals surface area contributed by atoms with E-state index in [1.165, 1.54) is 12.7 Å². The number of rotatable bonds is 3. The topological polar surface area (TPSA) is 49.9 Å². The minimum Gasteiger partial charge on any atom is -0.496 e. The van der Waals surface area contributed by atoms with Crippen LogP contribution < -0.4 is 4.74 Å². The molecule has 0 aliphatic carbocycles. The van der Waals surface area contributed by atoms with E-state index in [1.807, 2.05) is 24.3 Å². The highest BCUT2D eigenvalue weighted by molar-refractivity contribution is 6.31. The second-order valence-corrected chi connectivity index (χ2v) is 8.69. The molecule has 6 heteroatoms. The molecule has 0 N–H and O–H groups in total. The summed E-state index contributed by atoms with van der Waals surface area (Å²) in [6, 6.07) is 12.8. The highest BCUT2D eigenvalue weighted by Crippen LogP contribution is 2.25. The highest BCUT2D eigenvalue weighted by Gasteiger charge is 2.27. The Bertz CT molecular complexity index is 895. The van der Waals surface area contributed by atoms with Crippen LogP contribution in [0.4, 0.5) is 0 Å². The van der Waals surface area contributed by atoms with Crippen molar-refractivity contribution in [1.82, 2.24) is 9.80 Å². The first kappa shape index (κ1) is 21.2. The van der Waals surface area contributed by atoms with E-state index in [1.54, 1.807) is 28.0 Å². The number of hydrogen-bond donors (Lipinski definition) is 0. The number of ether oxygens (including phenoxy) is 1. The maximum atomic E-state index is 12.9. The van der Waals surface area contributed by atoms with Gasteiger partial charge in [0.2, 0.25) is 0 Å². The number of piperazine rings is 1. The fourth-order valence-corrected chi connectivity index (χ4v) is 3.60. The van der Waals surface area contributed by atoms with Gasteiger partial charge in [-0.1, -0.05) is 44.5 Å². The molecule has 0 saturated carbocycles. The zero-order chi connectivity index (χ0) is 21.2. The number of nitrogens with zero attached hydrogens (tertiary/aromatic N) is 2. The van der Waals surface area contributed by atoms with Gasteiger partial charge in [-0.3, -0.25) is 9.59 Å². The lowest BCUT2D eigenvalue weighted by molar-refractivity contribution is 0.0533. The lowest BCUT2D eigenvalue weighted by Gasteiger charge is -2.35. The van der Waals surface area contributed by atoms with Crippen molar-refractivity contribution < 1.29 is 14.3 Å². The Kier molecular flexibility index (Phi) is 6.18. The second kappa shape index (κ2) is 8.46. The van der Waals surface area contributed by atoms with Gasteiger partial charge < -0.3 is 14.5 Å². The lowest BCUT2D eigenvalue weighted by Crippen LogP contribution is -2.50. The molecule has 2 aromatic carbocycles. The molecule has 1 aliphatic rings. The van der Waals surface area contributed by atoms with Crippen LogP contribution in [0.1, 0.15) is 47.1 Å². The smallest absolute Gasteiger partial charge is 0.257 e. The third-order valence-electron chi connectivity index (χ3n) is 5.24. The molecule has 1 aliphatic heterocycles. The van der Waals surface area contributed by atoms with Gasteiger partial charge in [-0.15, -0.1) is 0 Å². The quantitative estimate of drug-likeness (QED) is 0.754. The van der Waals surface area contributed by atoms with E-state index in [9.17, 15) is 9.59 Å². The van der Waals surface area contributed by atoms with Crippen LogP contribution in [0.5, 0.6) is 5.75 Å². The van der Waals surface area contributed by atoms with Crippen molar-refractivity contribution in [1.29, 1.82) is 0 Å². The SMILES string of the molecule is COc1ccc(Cl)cc1C(=O)N1CCN(C(=O)c2ccc(C(C)(C)C)cc2)CC1. The van der Waals surface area contributed by atoms with Crippen molar-refractivity contribution in [3.05, 3.63) is 64.2 Å². The minimum absolute atomic E-state index is 0.00195. The molecule has 0 atom stereocenters. The van der Waals surface area contributed by atoms with Crippen LogP contribution in [0.3, 0.4) is 0 Å². The van der Waals surface area contributed by atoms with E-state index in [4.69, 9.17) is 16.3 Å². The van der Waals surface area contributed by atoms with Crippen molar-refractivity contribution in [2.75, 3.05) is 33.3 Å². The summed E-state index contributed by atoms with van der Waals surface area (Å²) in [5.74, 6) is 0.362. The first-order valence-corrected chi connectivity index (χ1v) is 10.1. The Hall–Kier alpha value is -2.53. The Labute approximate surface area is 177 Å². The zero-order valence-electron chi connectivity index (χ0n) is 17.4. The van der Waals surface area contributed by atoms with Gasteiger partial charge in [-0.25, -0.2) is 0 Å². The normalized spacial score (nSPS) is 14.7. The molecular weight excluding hydrogens is 388 g/mol. The molecular formula is C23H27ClN2O3. The van der Waals surface area contributed by atoms with Gasteiger partial charge in [-0.2, -0.15) is 0 Å². The van der Waals surface area contributed by atoms with Gasteiger partial charge in [0.1, 0.15) is 5.75 Å². The standard InChI is InChI=1S/C23H27ClN2O3/c1-23(2,3)17-7-5-16(6-8-17)21(27)25-11-13-26(14-12-25)22(28)19-15-18(24)9-10-20(19)29-4/h5-10,15H,11-14H2,1-4H3. The fourth-order valence-electron chi connectivity index (χ4n) is 3.43. The minimum atomic E-state index is -0.133. The summed E-state index contributed by atoms with van der Waals surface area (Å²) < 4.78 is 5.29. The predicted octanol–water partition coefficient (Wildman–Crippen LogP) is 4.24. The number of carbonyl (C=O) groups excluding carboxylic acids is 2. The molecule has 0 bridgehead atoms. The molecule has 2 aromatic rings. The van der Waals surface area contributed by atoms with E-state index < -0.39 is 0 Å². The lowest BCUT2D eigenvalue weighted by atomic mass is 9.86. The molecule has 1 heterocycles. The van der Waals surface area contributed by atoms with E-state index in [2.05, 4.69) is 20.8 Å². The fraction of sp³-hybridized carbons (Fsp3) is 0.391. The first-order valence-electron chi connectivity index (χ1n) is 9.73. The van der Waals surface area contributed by atoms with Gasteiger partial charge in [-0.05, 0) is 41.3 Å². The Morgan fingerprint density at radius 1 is 0.897 bits per heavy atom. The maximum absolute atomic E-state index is 12.9. The number of carbonyl (C=O) groups is 2. The van der Waals surface area contributed by atoms with Crippen LogP contribution in [-0.2, 0) is 5.41 Å². The molecule has 2 amide bonds. The van der Waals surface area contributed by atoms with Crippen molar-refractivity contribution in [2.24, 2.45) is 0 Å². The van der Waals surface area contributed by atoms with E-state index in [0.717, 1.165) is 0 Å². The van der Waals surface area contributed by atoms with Gasteiger partial charge in [0.05, 0.1) is 12.7 Å². The van der Waals surface area contributed by atoms with Crippen LogP contribution in [0.15, 0.2) is 42.5 Å². The van der Waals surface area contributed by atoms with Crippen molar-refractivity contribution in [2.45, 2.75) is 26.2 Å². The third-order valence-corrected chi connectivity index (χ3v) is 5.48. The van der Waals surface area contributed by atoms with E-state index in [-0.39, 0.29) is 17.2 Å². The van der Waals surface area contributed by atoms with Crippen LogP contribution in [-0.4, -0.2) is 54.9 Å². The van der Waals surface area contributed by atoms with Crippen molar-refractivity contribution in [3.63, 3.8) is 0 Å². The molecule has 154 valence electrons. The Morgan fingerprint density at radius 3 is 1.97 bits per heavy atom. The average molecular weight is 415 g/mol. The first-order chi connectivity index (χ1) is 13.7. The van der Waals surface area contributed by atoms with E-state index >= 15 is 0 Å². The number of amides is 2. The molecule has 0 aromatic heterocycles. The maximum Gasteiger partial charge on any atom is 0.257 e. The molecule has 3 rings (SSSR count). The van der Waals surface area contributed by atoms with Crippen molar-refractivity contribution in [3.8, 4) is 5.75 Å². The number of halogens is 1. The number of benzene rings is 2. The predicted molar refractivity (Wildman–Crippen MR) is 115 cm³/mol. The summed E-state index contributed by atoms with van der Waals surface area (Å²) in [7, 11) is 1.53. The summed E-state index contributed by atoms with van der Waals surface area (Å²) >= 11 is 6.05. The number of methoxy groups -OCH3 is 1. The molecule has 0 unspecified atom stereocenters. The average Bonchev–Trinajstić information content (AvgIpc) is 2.72. The van der Waals surface area contributed by atoms with Gasteiger partial charge in [0.15, 0.2) is 0 Å². The molecule has 1 saturated heterocycles. The molecule has 29 heavy (non-hydrogen) atoms. The molecule has 0 spiro atoms. The summed E-state index contributed by atoms with van der Waals surface area (Å²) in [5, 5.41) is 0.488. The summed E-state index contributed by atoms with van der Waals surface area (Å²) in [5.41, 5.74) is 2.36. The second-order valence-electron chi connectivity index (χ2n) is 8.26. The highest BCUT2D eigenvalue weighted by atomic mass is 35.5. The Balaban J connectivity index is 1.65. The van der Waals surface area contributed by atoms with Crippen molar-refractivity contribution >= 4 is 23.4 Å². The monoisotopic (exact) mass is 414 g/mol. The third kappa shape index (κ3) is 4.73. The summed E-state index contributed by atoms with van der Waals surface area (Å²) in [6.07, 6.45) is 0. The van der Waals surface area contributed by atoms with Gasteiger partial charge in [0.25, 0.3) is 11.8 Å². The molecule has 1 fully saturated rings. The van der Waals surface area contributed by atoms with E-state index in [0.29, 0.717) is 48.1 Å². The largest absolute Gasteiger partial charge is 0.496 e.